The highest BCUT2D eigenvalue weighted by Gasteiger charge is 2.25. The van der Waals surface area contributed by atoms with E-state index in [1.165, 1.54) is 5.56 Å². The summed E-state index contributed by atoms with van der Waals surface area (Å²) in [6.07, 6.45) is 1.75. The van der Waals surface area contributed by atoms with E-state index in [0.717, 1.165) is 30.6 Å². The van der Waals surface area contributed by atoms with Gasteiger partial charge < -0.3 is 5.32 Å². The van der Waals surface area contributed by atoms with Crippen molar-refractivity contribution in [1.82, 2.24) is 5.32 Å². The van der Waals surface area contributed by atoms with Crippen LogP contribution in [0.15, 0.2) is 48.5 Å². The summed E-state index contributed by atoms with van der Waals surface area (Å²) in [5.41, 5.74) is 3.33. The van der Waals surface area contributed by atoms with E-state index in [0.29, 0.717) is 5.02 Å². The second-order valence-corrected chi connectivity index (χ2v) is 5.93. The van der Waals surface area contributed by atoms with Gasteiger partial charge in [0.15, 0.2) is 0 Å². The Balaban J connectivity index is 1.74. The third-order valence-corrected chi connectivity index (χ3v) is 4.36. The van der Waals surface area contributed by atoms with Crippen LogP contribution in [0.4, 0.5) is 10.5 Å². The molecular formula is C18H19ClN2O. The summed E-state index contributed by atoms with van der Waals surface area (Å²) in [6.45, 7) is 2.81. The Hall–Kier alpha value is -2.00. The van der Waals surface area contributed by atoms with Crippen molar-refractivity contribution in [2.75, 3.05) is 11.4 Å². The summed E-state index contributed by atoms with van der Waals surface area (Å²) in [5.74, 6) is 0. The zero-order chi connectivity index (χ0) is 15.5. The number of carbonyl (C=O) groups is 1. The number of rotatable bonds is 3. The van der Waals surface area contributed by atoms with Gasteiger partial charge in [0, 0.05) is 17.3 Å². The highest BCUT2D eigenvalue weighted by molar-refractivity contribution is 6.30. The fourth-order valence-corrected chi connectivity index (χ4v) is 3.02. The second-order valence-electron chi connectivity index (χ2n) is 5.49. The molecule has 1 N–H and O–H groups in total. The molecule has 1 aliphatic heterocycles. The minimum atomic E-state index is -0.0354. The Morgan fingerprint density at radius 3 is 2.68 bits per heavy atom. The molecule has 3 rings (SSSR count). The lowest BCUT2D eigenvalue weighted by molar-refractivity contribution is 0.242. The Labute approximate surface area is 135 Å². The Bertz CT molecular complexity index is 669. The number of para-hydroxylation sites is 1. The molecular weight excluding hydrogens is 296 g/mol. The van der Waals surface area contributed by atoms with Crippen molar-refractivity contribution in [3.8, 4) is 0 Å². The fourth-order valence-electron chi connectivity index (χ4n) is 2.89. The van der Waals surface area contributed by atoms with Gasteiger partial charge in [-0.1, -0.05) is 48.9 Å². The fraction of sp³-hybridized carbons (Fsp3) is 0.278. The Morgan fingerprint density at radius 1 is 1.23 bits per heavy atom. The van der Waals surface area contributed by atoms with Gasteiger partial charge in [-0.05, 0) is 42.2 Å². The number of amides is 2. The first-order valence-corrected chi connectivity index (χ1v) is 7.98. The van der Waals surface area contributed by atoms with E-state index in [1.54, 1.807) is 0 Å². The van der Waals surface area contributed by atoms with Crippen LogP contribution in [-0.4, -0.2) is 12.6 Å². The molecule has 1 aliphatic rings. The molecule has 2 aromatic carbocycles. The normalized spacial score (nSPS) is 14.5. The monoisotopic (exact) mass is 314 g/mol. The summed E-state index contributed by atoms with van der Waals surface area (Å²) in [7, 11) is 0. The number of hydrogen-bond acceptors (Lipinski definition) is 1. The van der Waals surface area contributed by atoms with Gasteiger partial charge in [0.2, 0.25) is 0 Å². The lowest BCUT2D eigenvalue weighted by atomic mass is 10.1. The van der Waals surface area contributed by atoms with Gasteiger partial charge in [-0.15, -0.1) is 0 Å². The van der Waals surface area contributed by atoms with E-state index < -0.39 is 0 Å². The van der Waals surface area contributed by atoms with Gasteiger partial charge >= 0.3 is 6.03 Å². The zero-order valence-electron chi connectivity index (χ0n) is 12.6. The molecule has 4 heteroatoms. The number of carbonyl (C=O) groups excluding carboxylic acids is 1. The third-order valence-electron chi connectivity index (χ3n) is 4.11. The number of nitrogens with one attached hydrogen (secondary N) is 1. The first-order valence-electron chi connectivity index (χ1n) is 7.60. The topological polar surface area (TPSA) is 32.3 Å². The van der Waals surface area contributed by atoms with Crippen LogP contribution in [-0.2, 0) is 6.42 Å². The Morgan fingerprint density at radius 2 is 1.95 bits per heavy atom. The Kier molecular flexibility index (Phi) is 4.34. The molecule has 3 nitrogen and oxygen atoms in total. The minimum absolute atomic E-state index is 0.00229. The van der Waals surface area contributed by atoms with Gasteiger partial charge in [0.05, 0.1) is 6.04 Å². The average molecular weight is 315 g/mol. The summed E-state index contributed by atoms with van der Waals surface area (Å²) in [6, 6.07) is 15.7. The van der Waals surface area contributed by atoms with E-state index in [1.807, 2.05) is 47.4 Å². The molecule has 0 aliphatic carbocycles. The summed E-state index contributed by atoms with van der Waals surface area (Å²) >= 11 is 5.93. The summed E-state index contributed by atoms with van der Waals surface area (Å²) in [4.78, 5) is 14.4. The number of halogens is 1. The van der Waals surface area contributed by atoms with Crippen LogP contribution in [0, 0.1) is 0 Å². The third kappa shape index (κ3) is 2.95. The summed E-state index contributed by atoms with van der Waals surface area (Å²) in [5, 5.41) is 3.84. The maximum Gasteiger partial charge on any atom is 0.322 e. The number of hydrogen-bond donors (Lipinski definition) is 1. The van der Waals surface area contributed by atoms with Crippen LogP contribution in [0.2, 0.25) is 5.02 Å². The molecule has 0 saturated carbocycles. The molecule has 1 atom stereocenters. The molecule has 1 unspecified atom stereocenters. The molecule has 0 radical (unpaired) electrons. The van der Waals surface area contributed by atoms with E-state index in [-0.39, 0.29) is 12.1 Å². The van der Waals surface area contributed by atoms with E-state index in [4.69, 9.17) is 11.6 Å². The van der Waals surface area contributed by atoms with Crippen molar-refractivity contribution in [3.63, 3.8) is 0 Å². The number of benzene rings is 2. The van der Waals surface area contributed by atoms with Crippen LogP contribution in [0.5, 0.6) is 0 Å². The van der Waals surface area contributed by atoms with Gasteiger partial charge in [0.1, 0.15) is 0 Å². The molecule has 2 aromatic rings. The largest absolute Gasteiger partial charge is 0.331 e. The first kappa shape index (κ1) is 14.9. The number of fused-ring (bicyclic) bond motifs is 1. The van der Waals surface area contributed by atoms with Gasteiger partial charge in [-0.25, -0.2) is 4.79 Å². The van der Waals surface area contributed by atoms with E-state index in [9.17, 15) is 4.79 Å². The standard InChI is InChI=1S/C18H19ClN2O/c1-2-16(13-7-9-15(19)10-8-13)20-18(22)21-12-11-14-5-3-4-6-17(14)21/h3-10,16H,2,11-12H2,1H3,(H,20,22). The predicted octanol–water partition coefficient (Wildman–Crippen LogP) is 4.56. The lowest BCUT2D eigenvalue weighted by Crippen LogP contribution is -2.40. The van der Waals surface area contributed by atoms with E-state index >= 15 is 0 Å². The minimum Gasteiger partial charge on any atom is -0.331 e. The molecule has 0 spiro atoms. The summed E-state index contributed by atoms with van der Waals surface area (Å²) < 4.78 is 0. The quantitative estimate of drug-likeness (QED) is 0.884. The molecule has 1 heterocycles. The van der Waals surface area contributed by atoms with Crippen molar-refractivity contribution in [2.45, 2.75) is 25.8 Å². The van der Waals surface area contributed by atoms with Crippen LogP contribution >= 0.6 is 11.6 Å². The van der Waals surface area contributed by atoms with Crippen molar-refractivity contribution >= 4 is 23.3 Å². The van der Waals surface area contributed by atoms with E-state index in [2.05, 4.69) is 18.3 Å². The van der Waals surface area contributed by atoms with Gasteiger partial charge in [0.25, 0.3) is 0 Å². The maximum atomic E-state index is 12.6. The molecule has 114 valence electrons. The van der Waals surface area contributed by atoms with Crippen molar-refractivity contribution in [3.05, 3.63) is 64.7 Å². The molecule has 0 bridgehead atoms. The molecule has 0 saturated heterocycles. The highest BCUT2D eigenvalue weighted by atomic mass is 35.5. The van der Waals surface area contributed by atoms with Crippen LogP contribution in [0.1, 0.15) is 30.5 Å². The zero-order valence-corrected chi connectivity index (χ0v) is 13.3. The van der Waals surface area contributed by atoms with Crippen LogP contribution in [0.25, 0.3) is 0 Å². The van der Waals surface area contributed by atoms with Crippen LogP contribution in [0.3, 0.4) is 0 Å². The van der Waals surface area contributed by atoms with Gasteiger partial charge in [-0.3, -0.25) is 4.90 Å². The SMILES string of the molecule is CCC(NC(=O)N1CCc2ccccc21)c1ccc(Cl)cc1. The lowest BCUT2D eigenvalue weighted by Gasteiger charge is -2.23. The second kappa shape index (κ2) is 6.41. The number of urea groups is 1. The number of nitrogens with zero attached hydrogens (tertiary/aromatic N) is 1. The molecule has 2 amide bonds. The molecule has 0 aromatic heterocycles. The van der Waals surface area contributed by atoms with Crippen molar-refractivity contribution in [1.29, 1.82) is 0 Å². The number of anilines is 1. The smallest absolute Gasteiger partial charge is 0.322 e. The van der Waals surface area contributed by atoms with Gasteiger partial charge in [-0.2, -0.15) is 0 Å². The van der Waals surface area contributed by atoms with Crippen LogP contribution < -0.4 is 10.2 Å². The maximum absolute atomic E-state index is 12.6. The molecule has 22 heavy (non-hydrogen) atoms. The first-order chi connectivity index (χ1) is 10.7. The average Bonchev–Trinajstić information content (AvgIpc) is 2.97. The molecule has 0 fully saturated rings. The van der Waals surface area contributed by atoms with Crippen molar-refractivity contribution in [2.24, 2.45) is 0 Å². The van der Waals surface area contributed by atoms with Crippen molar-refractivity contribution < 1.29 is 4.79 Å². The predicted molar refractivity (Wildman–Crippen MR) is 90.5 cm³/mol. The highest BCUT2D eigenvalue weighted by Crippen LogP contribution is 2.28.